The van der Waals surface area contributed by atoms with E-state index in [-0.39, 0.29) is 0 Å². The molecule has 0 spiro atoms. The van der Waals surface area contributed by atoms with Crippen LogP contribution in [0.2, 0.25) is 0 Å². The Morgan fingerprint density at radius 1 is 1.05 bits per heavy atom. The van der Waals surface area contributed by atoms with Crippen LogP contribution in [0.4, 0.5) is 0 Å². The van der Waals surface area contributed by atoms with Crippen molar-refractivity contribution in [1.29, 1.82) is 0 Å². The van der Waals surface area contributed by atoms with Gasteiger partial charge in [0, 0.05) is 12.6 Å². The average Bonchev–Trinajstić information content (AvgIpc) is 3.13. The van der Waals surface area contributed by atoms with Crippen molar-refractivity contribution in [1.82, 2.24) is 9.80 Å². The zero-order valence-corrected chi connectivity index (χ0v) is 12.3. The fraction of sp³-hybridized carbons (Fsp3) is 0.647. The van der Waals surface area contributed by atoms with E-state index >= 15 is 0 Å². The van der Waals surface area contributed by atoms with Crippen molar-refractivity contribution >= 4 is 0 Å². The molecule has 0 bridgehead atoms. The number of rotatable bonds is 6. The van der Waals surface area contributed by atoms with E-state index < -0.39 is 0 Å². The van der Waals surface area contributed by atoms with Crippen molar-refractivity contribution in [3.8, 4) is 0 Å². The van der Waals surface area contributed by atoms with Gasteiger partial charge in [0.2, 0.25) is 0 Å². The molecule has 0 aliphatic carbocycles. The van der Waals surface area contributed by atoms with Crippen LogP contribution in [0.1, 0.15) is 24.8 Å². The van der Waals surface area contributed by atoms with Gasteiger partial charge in [0.1, 0.15) is 0 Å². The van der Waals surface area contributed by atoms with E-state index in [1.165, 1.54) is 51.0 Å². The molecule has 110 valence electrons. The summed E-state index contributed by atoms with van der Waals surface area (Å²) in [6, 6.07) is 11.4. The van der Waals surface area contributed by atoms with Gasteiger partial charge in [-0.25, -0.2) is 0 Å². The maximum absolute atomic E-state index is 5.68. The molecule has 2 fully saturated rings. The van der Waals surface area contributed by atoms with Crippen molar-refractivity contribution in [2.45, 2.75) is 31.7 Å². The SMILES string of the molecule is c1ccc(C[C@@H]2COCN2CCCN2CCCC2)cc1. The Kier molecular flexibility index (Phi) is 5.06. The molecule has 2 heterocycles. The molecule has 2 aliphatic rings. The van der Waals surface area contributed by atoms with E-state index in [4.69, 9.17) is 4.74 Å². The smallest absolute Gasteiger partial charge is 0.0994 e. The molecular weight excluding hydrogens is 248 g/mol. The number of benzene rings is 1. The predicted molar refractivity (Wildman–Crippen MR) is 81.8 cm³/mol. The maximum atomic E-state index is 5.68. The van der Waals surface area contributed by atoms with Crippen LogP contribution >= 0.6 is 0 Å². The molecule has 1 aromatic carbocycles. The number of hydrogen-bond donors (Lipinski definition) is 0. The molecule has 2 aliphatic heterocycles. The van der Waals surface area contributed by atoms with E-state index in [0.29, 0.717) is 6.04 Å². The second-order valence-electron chi connectivity index (χ2n) is 6.06. The van der Waals surface area contributed by atoms with E-state index in [1.54, 1.807) is 0 Å². The lowest BCUT2D eigenvalue weighted by molar-refractivity contribution is 0.134. The normalized spacial score (nSPS) is 24.5. The molecule has 0 aromatic heterocycles. The first kappa shape index (κ1) is 14.1. The lowest BCUT2D eigenvalue weighted by atomic mass is 10.1. The van der Waals surface area contributed by atoms with Gasteiger partial charge in [0.05, 0.1) is 13.3 Å². The molecule has 2 saturated heterocycles. The van der Waals surface area contributed by atoms with Crippen LogP contribution in [0.25, 0.3) is 0 Å². The summed E-state index contributed by atoms with van der Waals surface area (Å²) in [4.78, 5) is 5.12. The lowest BCUT2D eigenvalue weighted by Gasteiger charge is -2.23. The summed E-state index contributed by atoms with van der Waals surface area (Å²) in [5, 5.41) is 0. The fourth-order valence-electron chi connectivity index (χ4n) is 3.34. The minimum atomic E-state index is 0.566. The Balaban J connectivity index is 1.43. The Morgan fingerprint density at radius 3 is 2.65 bits per heavy atom. The van der Waals surface area contributed by atoms with Gasteiger partial charge in [-0.2, -0.15) is 0 Å². The second-order valence-corrected chi connectivity index (χ2v) is 6.06. The third kappa shape index (κ3) is 3.81. The monoisotopic (exact) mass is 274 g/mol. The standard InChI is InChI=1S/C17H26N2O/c1-2-7-16(8-3-1)13-17-14-20-15-19(17)12-6-11-18-9-4-5-10-18/h1-3,7-8,17H,4-6,9-15H2/t17-/m1/s1. The van der Waals surface area contributed by atoms with E-state index in [9.17, 15) is 0 Å². The van der Waals surface area contributed by atoms with Crippen LogP contribution < -0.4 is 0 Å². The number of hydrogen-bond acceptors (Lipinski definition) is 3. The third-order valence-electron chi connectivity index (χ3n) is 4.52. The lowest BCUT2D eigenvalue weighted by Crippen LogP contribution is -2.35. The van der Waals surface area contributed by atoms with Crippen molar-refractivity contribution in [3.63, 3.8) is 0 Å². The zero-order valence-electron chi connectivity index (χ0n) is 12.3. The molecule has 3 rings (SSSR count). The topological polar surface area (TPSA) is 15.7 Å². The largest absolute Gasteiger partial charge is 0.364 e. The van der Waals surface area contributed by atoms with E-state index in [0.717, 1.165) is 19.8 Å². The first-order valence-electron chi connectivity index (χ1n) is 8.00. The second kappa shape index (κ2) is 7.21. The van der Waals surface area contributed by atoms with Gasteiger partial charge in [0.15, 0.2) is 0 Å². The molecule has 3 heteroatoms. The highest BCUT2D eigenvalue weighted by molar-refractivity contribution is 5.16. The highest BCUT2D eigenvalue weighted by atomic mass is 16.5. The molecular formula is C17H26N2O. The number of ether oxygens (including phenoxy) is 1. The van der Waals surface area contributed by atoms with Crippen molar-refractivity contribution in [2.75, 3.05) is 39.5 Å². The predicted octanol–water partition coefficient (Wildman–Crippen LogP) is 2.37. The van der Waals surface area contributed by atoms with Gasteiger partial charge in [-0.05, 0) is 50.9 Å². The summed E-state index contributed by atoms with van der Waals surface area (Å²) >= 11 is 0. The van der Waals surface area contributed by atoms with Gasteiger partial charge >= 0.3 is 0 Å². The Labute approximate surface area is 122 Å². The van der Waals surface area contributed by atoms with Crippen molar-refractivity contribution in [2.24, 2.45) is 0 Å². The molecule has 0 radical (unpaired) electrons. The summed E-state index contributed by atoms with van der Waals surface area (Å²) in [6.07, 6.45) is 5.17. The van der Waals surface area contributed by atoms with Gasteiger partial charge < -0.3 is 9.64 Å². The van der Waals surface area contributed by atoms with Crippen LogP contribution in [0.3, 0.4) is 0 Å². The van der Waals surface area contributed by atoms with E-state index in [1.807, 2.05) is 0 Å². The quantitative estimate of drug-likeness (QED) is 0.792. The summed E-state index contributed by atoms with van der Waals surface area (Å²) in [6.45, 7) is 6.76. The summed E-state index contributed by atoms with van der Waals surface area (Å²) in [7, 11) is 0. The molecule has 0 amide bonds. The van der Waals surface area contributed by atoms with Gasteiger partial charge in [-0.3, -0.25) is 4.90 Å². The molecule has 0 unspecified atom stereocenters. The number of nitrogens with zero attached hydrogens (tertiary/aromatic N) is 2. The highest BCUT2D eigenvalue weighted by Gasteiger charge is 2.25. The van der Waals surface area contributed by atoms with Crippen LogP contribution in [-0.4, -0.2) is 55.4 Å². The molecule has 3 nitrogen and oxygen atoms in total. The Hall–Kier alpha value is -0.900. The van der Waals surface area contributed by atoms with Gasteiger partial charge in [0.25, 0.3) is 0 Å². The highest BCUT2D eigenvalue weighted by Crippen LogP contribution is 2.16. The molecule has 0 saturated carbocycles. The molecule has 20 heavy (non-hydrogen) atoms. The van der Waals surface area contributed by atoms with Gasteiger partial charge in [-0.15, -0.1) is 0 Å². The number of likely N-dealkylation sites (tertiary alicyclic amines) is 1. The first-order valence-corrected chi connectivity index (χ1v) is 8.00. The van der Waals surface area contributed by atoms with Crippen molar-refractivity contribution in [3.05, 3.63) is 35.9 Å². The van der Waals surface area contributed by atoms with Crippen LogP contribution in [0, 0.1) is 0 Å². The maximum Gasteiger partial charge on any atom is 0.0994 e. The van der Waals surface area contributed by atoms with Crippen molar-refractivity contribution < 1.29 is 4.74 Å². The van der Waals surface area contributed by atoms with Crippen LogP contribution in [-0.2, 0) is 11.2 Å². The Morgan fingerprint density at radius 2 is 1.85 bits per heavy atom. The fourth-order valence-corrected chi connectivity index (χ4v) is 3.34. The minimum absolute atomic E-state index is 0.566. The minimum Gasteiger partial charge on any atom is -0.364 e. The zero-order chi connectivity index (χ0) is 13.6. The van der Waals surface area contributed by atoms with Crippen LogP contribution in [0.5, 0.6) is 0 Å². The average molecular weight is 274 g/mol. The summed E-state index contributed by atoms with van der Waals surface area (Å²) < 4.78 is 5.68. The molecule has 0 N–H and O–H groups in total. The first-order chi connectivity index (χ1) is 9.92. The van der Waals surface area contributed by atoms with Gasteiger partial charge in [-0.1, -0.05) is 30.3 Å². The molecule has 1 atom stereocenters. The third-order valence-corrected chi connectivity index (χ3v) is 4.52. The van der Waals surface area contributed by atoms with Crippen LogP contribution in [0.15, 0.2) is 30.3 Å². The van der Waals surface area contributed by atoms with E-state index in [2.05, 4.69) is 40.1 Å². The summed E-state index contributed by atoms with van der Waals surface area (Å²) in [5.41, 5.74) is 1.42. The Bertz CT molecular complexity index is 389. The molecule has 1 aromatic rings. The summed E-state index contributed by atoms with van der Waals surface area (Å²) in [5.74, 6) is 0.